The first-order valence-corrected chi connectivity index (χ1v) is 6.58. The maximum atomic E-state index is 13.7. The van der Waals surface area contributed by atoms with Crippen molar-refractivity contribution in [2.24, 2.45) is 11.7 Å². The predicted octanol–water partition coefficient (Wildman–Crippen LogP) is 2.97. The van der Waals surface area contributed by atoms with Gasteiger partial charge in [-0.3, -0.25) is 4.79 Å². The number of carbonyl (C=O) groups excluding carboxylic acids is 1. The third-order valence-corrected chi connectivity index (χ3v) is 4.11. The minimum atomic E-state index is -0.985. The van der Waals surface area contributed by atoms with Crippen molar-refractivity contribution in [3.05, 3.63) is 33.8 Å². The van der Waals surface area contributed by atoms with Gasteiger partial charge in [0, 0.05) is 12.0 Å². The highest BCUT2D eigenvalue weighted by atomic mass is 79.9. The zero-order valence-electron chi connectivity index (χ0n) is 9.97. The van der Waals surface area contributed by atoms with E-state index in [-0.39, 0.29) is 28.2 Å². The zero-order valence-corrected chi connectivity index (χ0v) is 11.6. The topological polar surface area (TPSA) is 43.1 Å². The number of Topliss-reactive ketones (excluding diaryl/α,β-unsaturated/α-hetero) is 1. The SMILES string of the molecule is CC(N)(C(=O)Cc1c(F)ccc(Br)c1F)C1CC1. The van der Waals surface area contributed by atoms with E-state index in [4.69, 9.17) is 5.73 Å². The predicted molar refractivity (Wildman–Crippen MR) is 68.1 cm³/mol. The van der Waals surface area contributed by atoms with E-state index in [0.717, 1.165) is 18.9 Å². The quantitative estimate of drug-likeness (QED) is 0.868. The van der Waals surface area contributed by atoms with E-state index >= 15 is 0 Å². The van der Waals surface area contributed by atoms with E-state index in [1.165, 1.54) is 6.07 Å². The Balaban J connectivity index is 2.24. The second-order valence-electron chi connectivity index (χ2n) is 4.98. The van der Waals surface area contributed by atoms with Gasteiger partial charge in [-0.15, -0.1) is 0 Å². The highest BCUT2D eigenvalue weighted by Crippen LogP contribution is 2.39. The van der Waals surface area contributed by atoms with E-state index in [2.05, 4.69) is 15.9 Å². The minimum Gasteiger partial charge on any atom is -0.319 e. The lowest BCUT2D eigenvalue weighted by molar-refractivity contribution is -0.123. The van der Waals surface area contributed by atoms with Crippen LogP contribution in [0.4, 0.5) is 8.78 Å². The molecule has 1 unspecified atom stereocenters. The summed E-state index contributed by atoms with van der Waals surface area (Å²) in [4.78, 5) is 12.1. The summed E-state index contributed by atoms with van der Waals surface area (Å²) in [6, 6.07) is 2.42. The molecule has 0 heterocycles. The highest BCUT2D eigenvalue weighted by Gasteiger charge is 2.43. The highest BCUT2D eigenvalue weighted by molar-refractivity contribution is 9.10. The first-order chi connectivity index (χ1) is 8.34. The Kier molecular flexibility index (Phi) is 3.56. The van der Waals surface area contributed by atoms with Crippen LogP contribution >= 0.6 is 15.9 Å². The van der Waals surface area contributed by atoms with E-state index in [1.807, 2.05) is 0 Å². The molecule has 0 radical (unpaired) electrons. The Morgan fingerprint density at radius 1 is 1.50 bits per heavy atom. The van der Waals surface area contributed by atoms with Crippen molar-refractivity contribution in [1.82, 2.24) is 0 Å². The van der Waals surface area contributed by atoms with E-state index in [9.17, 15) is 13.6 Å². The fraction of sp³-hybridized carbons (Fsp3) is 0.462. The molecule has 0 amide bonds. The van der Waals surface area contributed by atoms with E-state index in [0.29, 0.717) is 0 Å². The first-order valence-electron chi connectivity index (χ1n) is 5.78. The molecule has 2 nitrogen and oxygen atoms in total. The molecule has 0 bridgehead atoms. The maximum absolute atomic E-state index is 13.7. The third kappa shape index (κ3) is 2.47. The van der Waals surface area contributed by atoms with Crippen molar-refractivity contribution in [2.75, 3.05) is 0 Å². The zero-order chi connectivity index (χ0) is 13.5. The molecule has 0 aromatic heterocycles. The van der Waals surface area contributed by atoms with Gasteiger partial charge >= 0.3 is 0 Å². The van der Waals surface area contributed by atoms with Crippen LogP contribution in [0.2, 0.25) is 0 Å². The molecule has 2 N–H and O–H groups in total. The fourth-order valence-electron chi connectivity index (χ4n) is 1.99. The molecule has 18 heavy (non-hydrogen) atoms. The van der Waals surface area contributed by atoms with Crippen molar-refractivity contribution < 1.29 is 13.6 Å². The van der Waals surface area contributed by atoms with Crippen molar-refractivity contribution in [1.29, 1.82) is 0 Å². The van der Waals surface area contributed by atoms with Crippen LogP contribution < -0.4 is 5.73 Å². The molecular weight excluding hydrogens is 304 g/mol. The van der Waals surface area contributed by atoms with E-state index in [1.54, 1.807) is 6.92 Å². The van der Waals surface area contributed by atoms with Gasteiger partial charge in [0.25, 0.3) is 0 Å². The van der Waals surface area contributed by atoms with Gasteiger partial charge in [-0.05, 0) is 53.7 Å². The van der Waals surface area contributed by atoms with Crippen molar-refractivity contribution >= 4 is 21.7 Å². The average molecular weight is 318 g/mol. The number of ketones is 1. The summed E-state index contributed by atoms with van der Waals surface area (Å²) in [5, 5.41) is 0. The van der Waals surface area contributed by atoms with Gasteiger partial charge in [0.2, 0.25) is 0 Å². The summed E-state index contributed by atoms with van der Waals surface area (Å²) >= 11 is 2.98. The lowest BCUT2D eigenvalue weighted by atomic mass is 9.88. The molecule has 1 saturated carbocycles. The van der Waals surface area contributed by atoms with Crippen LogP contribution in [-0.2, 0) is 11.2 Å². The molecule has 0 spiro atoms. The largest absolute Gasteiger partial charge is 0.319 e. The molecule has 1 fully saturated rings. The van der Waals surface area contributed by atoms with Crippen molar-refractivity contribution in [3.63, 3.8) is 0 Å². The smallest absolute Gasteiger partial charge is 0.157 e. The van der Waals surface area contributed by atoms with Crippen LogP contribution in [0.5, 0.6) is 0 Å². The van der Waals surface area contributed by atoms with Crippen LogP contribution in [-0.4, -0.2) is 11.3 Å². The summed E-state index contributed by atoms with van der Waals surface area (Å²) in [6.07, 6.45) is 1.50. The Morgan fingerprint density at radius 3 is 2.67 bits per heavy atom. The Bertz CT molecular complexity index is 498. The van der Waals surface area contributed by atoms with Crippen LogP contribution in [0.25, 0.3) is 0 Å². The van der Waals surface area contributed by atoms with Gasteiger partial charge < -0.3 is 5.73 Å². The molecule has 5 heteroatoms. The molecule has 1 atom stereocenters. The lowest BCUT2D eigenvalue weighted by Crippen LogP contribution is -2.48. The van der Waals surface area contributed by atoms with Crippen molar-refractivity contribution in [3.8, 4) is 0 Å². The first kappa shape index (κ1) is 13.6. The third-order valence-electron chi connectivity index (χ3n) is 3.50. The number of benzene rings is 1. The summed E-state index contributed by atoms with van der Waals surface area (Å²) < 4.78 is 27.4. The molecule has 0 saturated heterocycles. The molecule has 98 valence electrons. The van der Waals surface area contributed by atoms with Gasteiger partial charge in [0.1, 0.15) is 11.6 Å². The number of carbonyl (C=O) groups is 1. The second kappa shape index (κ2) is 4.70. The summed E-state index contributed by atoms with van der Waals surface area (Å²) in [6.45, 7) is 1.64. The normalized spacial score (nSPS) is 18.5. The Hall–Kier alpha value is -0.810. The average Bonchev–Trinajstić information content (AvgIpc) is 3.13. The summed E-state index contributed by atoms with van der Waals surface area (Å²) in [5.41, 5.74) is 4.74. The van der Waals surface area contributed by atoms with Crippen LogP contribution in [0, 0.1) is 17.6 Å². The van der Waals surface area contributed by atoms with Gasteiger partial charge in [-0.1, -0.05) is 0 Å². The van der Waals surface area contributed by atoms with Gasteiger partial charge in [0.15, 0.2) is 5.78 Å². The lowest BCUT2D eigenvalue weighted by Gasteiger charge is -2.23. The molecule has 1 aromatic carbocycles. The Morgan fingerprint density at radius 2 is 2.11 bits per heavy atom. The fourth-order valence-corrected chi connectivity index (χ4v) is 2.36. The molecule has 1 aromatic rings. The second-order valence-corrected chi connectivity index (χ2v) is 5.83. The number of hydrogen-bond acceptors (Lipinski definition) is 2. The van der Waals surface area contributed by atoms with Crippen LogP contribution in [0.15, 0.2) is 16.6 Å². The molecule has 0 aliphatic heterocycles. The van der Waals surface area contributed by atoms with Crippen molar-refractivity contribution in [2.45, 2.75) is 31.7 Å². The minimum absolute atomic E-state index is 0.142. The molecular formula is C13H14BrF2NO. The van der Waals surface area contributed by atoms with Gasteiger partial charge in [-0.2, -0.15) is 0 Å². The van der Waals surface area contributed by atoms with Crippen LogP contribution in [0.3, 0.4) is 0 Å². The monoisotopic (exact) mass is 317 g/mol. The van der Waals surface area contributed by atoms with Gasteiger partial charge in [0.05, 0.1) is 10.0 Å². The Labute approximate surface area is 113 Å². The summed E-state index contributed by atoms with van der Waals surface area (Å²) in [7, 11) is 0. The van der Waals surface area contributed by atoms with E-state index < -0.39 is 17.2 Å². The molecule has 2 rings (SSSR count). The number of halogens is 3. The number of hydrogen-bond donors (Lipinski definition) is 1. The molecule has 1 aliphatic carbocycles. The summed E-state index contributed by atoms with van der Waals surface area (Å²) in [5.74, 6) is -1.62. The molecule has 1 aliphatic rings. The number of rotatable bonds is 4. The maximum Gasteiger partial charge on any atom is 0.157 e. The standard InChI is InChI=1S/C13H14BrF2NO/c1-13(17,7-2-3-7)11(18)6-8-10(15)5-4-9(14)12(8)16/h4-5,7H,2-3,6,17H2,1H3. The van der Waals surface area contributed by atoms with Gasteiger partial charge in [-0.25, -0.2) is 8.78 Å². The van der Waals surface area contributed by atoms with Crippen LogP contribution in [0.1, 0.15) is 25.3 Å². The number of nitrogens with two attached hydrogens (primary N) is 1.